The molecule has 0 aromatic heterocycles. The molecule has 26 heavy (non-hydrogen) atoms. The Kier molecular flexibility index (Phi) is 4.58. The van der Waals surface area contributed by atoms with Crippen molar-refractivity contribution in [1.29, 1.82) is 0 Å². The maximum absolute atomic E-state index is 13.0. The van der Waals surface area contributed by atoms with Crippen LogP contribution < -0.4 is 0 Å². The zero-order valence-corrected chi connectivity index (χ0v) is 16.6. The van der Waals surface area contributed by atoms with Crippen molar-refractivity contribution in [2.45, 2.75) is 77.6 Å². The van der Waals surface area contributed by atoms with Crippen LogP contribution in [0.15, 0.2) is 12.1 Å². The van der Waals surface area contributed by atoms with Gasteiger partial charge in [-0.15, -0.1) is 0 Å². The van der Waals surface area contributed by atoms with Gasteiger partial charge < -0.3 is 0 Å². The fraction of sp³-hybridized carbons (Fsp3) is 0.591. The van der Waals surface area contributed by atoms with Gasteiger partial charge in [0.25, 0.3) is 0 Å². The zero-order valence-electron chi connectivity index (χ0n) is 16.6. The van der Waals surface area contributed by atoms with Gasteiger partial charge in [0.15, 0.2) is 5.78 Å². The summed E-state index contributed by atoms with van der Waals surface area (Å²) in [6.07, 6.45) is 3.40. The van der Waals surface area contributed by atoms with E-state index >= 15 is 0 Å². The Balaban J connectivity index is 2.03. The van der Waals surface area contributed by atoms with E-state index in [9.17, 15) is 14.4 Å². The van der Waals surface area contributed by atoms with Crippen molar-refractivity contribution in [3.05, 3.63) is 34.4 Å². The number of amides is 2. The van der Waals surface area contributed by atoms with E-state index < -0.39 is 0 Å². The number of hydrogen-bond acceptors (Lipinski definition) is 3. The number of fused-ring (bicyclic) bond motifs is 1. The minimum absolute atomic E-state index is 0.0193. The third-order valence-corrected chi connectivity index (χ3v) is 6.21. The number of hydrogen-bond donors (Lipinski definition) is 0. The van der Waals surface area contributed by atoms with Crippen LogP contribution in [0.2, 0.25) is 0 Å². The molecule has 0 unspecified atom stereocenters. The second-order valence-corrected chi connectivity index (χ2v) is 8.97. The Morgan fingerprint density at radius 3 is 1.96 bits per heavy atom. The predicted molar refractivity (Wildman–Crippen MR) is 101 cm³/mol. The van der Waals surface area contributed by atoms with Crippen LogP contribution in [-0.2, 0) is 26.8 Å². The summed E-state index contributed by atoms with van der Waals surface area (Å²) in [5, 5.41) is 0. The number of likely N-dealkylation sites (tertiary alicyclic amines) is 1. The van der Waals surface area contributed by atoms with Crippen LogP contribution in [0.4, 0.5) is 0 Å². The molecule has 2 aliphatic rings. The summed E-state index contributed by atoms with van der Waals surface area (Å²) in [6, 6.07) is 4.24. The maximum atomic E-state index is 13.0. The van der Waals surface area contributed by atoms with Gasteiger partial charge in [-0.3, -0.25) is 19.3 Å². The Hall–Kier alpha value is -1.97. The van der Waals surface area contributed by atoms with Crippen LogP contribution in [0.3, 0.4) is 0 Å². The second-order valence-electron chi connectivity index (χ2n) is 8.97. The van der Waals surface area contributed by atoms with Gasteiger partial charge in [-0.05, 0) is 52.8 Å². The van der Waals surface area contributed by atoms with Crippen LogP contribution in [0, 0.1) is 0 Å². The van der Waals surface area contributed by atoms with E-state index in [0.717, 1.165) is 29.7 Å². The van der Waals surface area contributed by atoms with Crippen molar-refractivity contribution in [3.63, 3.8) is 0 Å². The van der Waals surface area contributed by atoms with Crippen molar-refractivity contribution in [3.8, 4) is 0 Å². The SMILES string of the molecule is CCc1cc2c(cc1C(=O)CN1C(=O)CCC1=O)C(C)(C)CCC2(C)C. The molecule has 0 N–H and O–H groups in total. The third kappa shape index (κ3) is 3.10. The summed E-state index contributed by atoms with van der Waals surface area (Å²) in [4.78, 5) is 37.9. The van der Waals surface area contributed by atoms with Crippen LogP contribution in [-0.4, -0.2) is 29.0 Å². The average Bonchev–Trinajstić information content (AvgIpc) is 2.90. The third-order valence-electron chi connectivity index (χ3n) is 6.21. The maximum Gasteiger partial charge on any atom is 0.230 e. The van der Waals surface area contributed by atoms with E-state index in [4.69, 9.17) is 0 Å². The molecule has 1 saturated heterocycles. The molecule has 140 valence electrons. The largest absolute Gasteiger partial charge is 0.292 e. The summed E-state index contributed by atoms with van der Waals surface area (Å²) < 4.78 is 0. The molecular weight excluding hydrogens is 326 g/mol. The van der Waals surface area contributed by atoms with Gasteiger partial charge in [0.1, 0.15) is 0 Å². The second kappa shape index (κ2) is 6.33. The summed E-state index contributed by atoms with van der Waals surface area (Å²) in [7, 11) is 0. The van der Waals surface area contributed by atoms with E-state index in [1.54, 1.807) is 0 Å². The molecule has 1 heterocycles. The highest BCUT2D eigenvalue weighted by Crippen LogP contribution is 2.46. The fourth-order valence-electron chi connectivity index (χ4n) is 4.24. The molecule has 3 rings (SSSR count). The monoisotopic (exact) mass is 355 g/mol. The van der Waals surface area contributed by atoms with Gasteiger partial charge >= 0.3 is 0 Å². The van der Waals surface area contributed by atoms with Crippen LogP contribution in [0.25, 0.3) is 0 Å². The van der Waals surface area contributed by atoms with E-state index in [1.807, 2.05) is 13.0 Å². The molecule has 0 atom stereocenters. The highest BCUT2D eigenvalue weighted by atomic mass is 16.2. The minimum atomic E-state index is -0.235. The van der Waals surface area contributed by atoms with Gasteiger partial charge in [-0.1, -0.05) is 40.7 Å². The van der Waals surface area contributed by atoms with E-state index in [-0.39, 0.29) is 47.8 Å². The topological polar surface area (TPSA) is 54.5 Å². The lowest BCUT2D eigenvalue weighted by Crippen LogP contribution is -2.36. The van der Waals surface area contributed by atoms with Gasteiger partial charge in [-0.25, -0.2) is 0 Å². The molecule has 0 saturated carbocycles. The lowest BCUT2D eigenvalue weighted by Gasteiger charge is -2.42. The first-order valence-electron chi connectivity index (χ1n) is 9.61. The summed E-state index contributed by atoms with van der Waals surface area (Å²) in [5.74, 6) is -0.603. The smallest absolute Gasteiger partial charge is 0.230 e. The lowest BCUT2D eigenvalue weighted by molar-refractivity contribution is -0.137. The van der Waals surface area contributed by atoms with Crippen molar-refractivity contribution in [1.82, 2.24) is 4.90 Å². The Morgan fingerprint density at radius 2 is 1.46 bits per heavy atom. The molecule has 1 fully saturated rings. The quantitative estimate of drug-likeness (QED) is 0.607. The fourth-order valence-corrected chi connectivity index (χ4v) is 4.24. The number of carbonyl (C=O) groups is 3. The van der Waals surface area contributed by atoms with Crippen LogP contribution >= 0.6 is 0 Å². The van der Waals surface area contributed by atoms with Gasteiger partial charge in [0, 0.05) is 18.4 Å². The lowest BCUT2D eigenvalue weighted by atomic mass is 9.62. The first kappa shape index (κ1) is 18.8. The normalized spacial score (nSPS) is 21.0. The van der Waals surface area contributed by atoms with Crippen LogP contribution in [0.1, 0.15) is 87.4 Å². The summed E-state index contributed by atoms with van der Waals surface area (Å²) in [6.45, 7) is 10.9. The molecule has 0 radical (unpaired) electrons. The number of carbonyl (C=O) groups excluding carboxylic acids is 3. The minimum Gasteiger partial charge on any atom is -0.292 e. The average molecular weight is 355 g/mol. The molecule has 0 bridgehead atoms. The Labute approximate surface area is 156 Å². The summed E-state index contributed by atoms with van der Waals surface area (Å²) in [5.41, 5.74) is 4.36. The first-order chi connectivity index (χ1) is 12.1. The molecule has 1 aliphatic heterocycles. The number of ketones is 1. The van der Waals surface area contributed by atoms with Crippen molar-refractivity contribution in [2.24, 2.45) is 0 Å². The van der Waals surface area contributed by atoms with Crippen LogP contribution in [0.5, 0.6) is 0 Å². The molecule has 2 amide bonds. The van der Waals surface area contributed by atoms with Crippen molar-refractivity contribution in [2.75, 3.05) is 6.54 Å². The molecular formula is C22H29NO3. The highest BCUT2D eigenvalue weighted by molar-refractivity contribution is 6.08. The van der Waals surface area contributed by atoms with E-state index in [1.165, 1.54) is 11.1 Å². The standard InChI is InChI=1S/C22H29NO3/c1-6-14-11-16-17(22(4,5)10-9-21(16,2)3)12-15(14)18(24)13-23-19(25)7-8-20(23)26/h11-12H,6-10,13H2,1-5H3. The zero-order chi connectivity index (χ0) is 19.3. The predicted octanol–water partition coefficient (Wildman–Crippen LogP) is 3.93. The van der Waals surface area contributed by atoms with Gasteiger partial charge in [0.2, 0.25) is 11.8 Å². The molecule has 4 nitrogen and oxygen atoms in total. The molecule has 0 spiro atoms. The Bertz CT molecular complexity index is 773. The van der Waals surface area contributed by atoms with E-state index in [2.05, 4.69) is 33.8 Å². The number of aryl methyl sites for hydroxylation is 1. The molecule has 1 aromatic rings. The summed E-state index contributed by atoms with van der Waals surface area (Å²) >= 11 is 0. The van der Waals surface area contributed by atoms with Gasteiger partial charge in [-0.2, -0.15) is 0 Å². The molecule has 4 heteroatoms. The first-order valence-corrected chi connectivity index (χ1v) is 9.61. The van der Waals surface area contributed by atoms with Crippen molar-refractivity contribution < 1.29 is 14.4 Å². The molecule has 1 aromatic carbocycles. The molecule has 1 aliphatic carbocycles. The Morgan fingerprint density at radius 1 is 0.962 bits per heavy atom. The highest BCUT2D eigenvalue weighted by Gasteiger charge is 2.38. The number of nitrogens with zero attached hydrogens (tertiary/aromatic N) is 1. The van der Waals surface area contributed by atoms with E-state index in [0.29, 0.717) is 5.56 Å². The number of Topliss-reactive ketones (excluding diaryl/α,β-unsaturated/α-hetero) is 1. The number of imide groups is 1. The van der Waals surface area contributed by atoms with Crippen molar-refractivity contribution >= 4 is 17.6 Å². The number of benzene rings is 1. The number of rotatable bonds is 4. The van der Waals surface area contributed by atoms with Gasteiger partial charge in [0.05, 0.1) is 6.54 Å².